The molecule has 1 aliphatic rings. The molecule has 1 nitrogen and oxygen atoms in total. The first-order valence-electron chi connectivity index (χ1n) is 5.01. The van der Waals surface area contributed by atoms with E-state index < -0.39 is 0 Å². The van der Waals surface area contributed by atoms with Crippen molar-refractivity contribution in [1.82, 2.24) is 0 Å². The lowest BCUT2D eigenvalue weighted by Gasteiger charge is -2.25. The molecule has 0 saturated carbocycles. The maximum atomic E-state index is 5.11. The van der Waals surface area contributed by atoms with Crippen molar-refractivity contribution in [3.63, 3.8) is 0 Å². The summed E-state index contributed by atoms with van der Waals surface area (Å²) in [6.07, 6.45) is 8.47. The molecule has 0 atom stereocenters. The van der Waals surface area contributed by atoms with Crippen molar-refractivity contribution in [2.75, 3.05) is 13.2 Å². The molecule has 1 rings (SSSR count). The molecule has 1 fully saturated rings. The van der Waals surface area contributed by atoms with Crippen LogP contribution in [0.3, 0.4) is 0 Å². The van der Waals surface area contributed by atoms with Gasteiger partial charge in [0.2, 0.25) is 0 Å². The molecule has 0 radical (unpaired) electrons. The topological polar surface area (TPSA) is 9.23 Å². The van der Waals surface area contributed by atoms with Crippen LogP contribution in [0.5, 0.6) is 0 Å². The maximum absolute atomic E-state index is 5.11. The lowest BCUT2D eigenvalue weighted by atomic mass is 9.99. The van der Waals surface area contributed by atoms with Crippen LogP contribution in [0.4, 0.5) is 0 Å². The molecule has 0 bridgehead atoms. The molecule has 1 saturated heterocycles. The molecule has 0 aliphatic carbocycles. The van der Waals surface area contributed by atoms with E-state index in [2.05, 4.69) is 6.92 Å². The highest BCUT2D eigenvalue weighted by Gasteiger charge is 2.16. The molecule has 0 aromatic rings. The second-order valence-corrected chi connectivity index (χ2v) is 3.61. The fraction of sp³-hybridized carbons (Fsp3) is 1.00. The zero-order chi connectivity index (χ0) is 7.94. The minimum Gasteiger partial charge on any atom is -0.381 e. The summed E-state index contributed by atoms with van der Waals surface area (Å²) in [7, 11) is 0. The predicted octanol–water partition coefficient (Wildman–Crippen LogP) is 2.99. The van der Waals surface area contributed by atoms with Crippen LogP contribution in [0, 0.1) is 5.92 Å². The Hall–Kier alpha value is -0.0400. The fourth-order valence-corrected chi connectivity index (χ4v) is 1.49. The molecule has 66 valence electrons. The second kappa shape index (κ2) is 5.59. The average Bonchev–Trinajstić information content (AvgIpc) is 1.93. The molecule has 1 heteroatoms. The Morgan fingerprint density at radius 3 is 2.36 bits per heavy atom. The van der Waals surface area contributed by atoms with Gasteiger partial charge in [-0.1, -0.05) is 39.0 Å². The van der Waals surface area contributed by atoms with Gasteiger partial charge >= 0.3 is 0 Å². The Morgan fingerprint density at radius 2 is 1.82 bits per heavy atom. The Kier molecular flexibility index (Phi) is 4.60. The molecular formula is C10H20O. The molecular weight excluding hydrogens is 136 g/mol. The van der Waals surface area contributed by atoms with Gasteiger partial charge in [-0.15, -0.1) is 0 Å². The molecule has 0 aromatic heterocycles. The smallest absolute Gasteiger partial charge is 0.0516 e. The lowest BCUT2D eigenvalue weighted by molar-refractivity contribution is -0.0364. The van der Waals surface area contributed by atoms with E-state index in [1.165, 1.54) is 38.5 Å². The van der Waals surface area contributed by atoms with Crippen LogP contribution in [0.15, 0.2) is 0 Å². The molecule has 1 aliphatic heterocycles. The van der Waals surface area contributed by atoms with Crippen LogP contribution in [0.2, 0.25) is 0 Å². The van der Waals surface area contributed by atoms with Crippen LogP contribution in [-0.4, -0.2) is 13.2 Å². The van der Waals surface area contributed by atoms with Gasteiger partial charge in [0, 0.05) is 5.92 Å². The summed E-state index contributed by atoms with van der Waals surface area (Å²) < 4.78 is 5.11. The number of hydrogen-bond donors (Lipinski definition) is 0. The first kappa shape index (κ1) is 9.05. The Balaban J connectivity index is 1.73. The van der Waals surface area contributed by atoms with Crippen molar-refractivity contribution in [3.05, 3.63) is 0 Å². The van der Waals surface area contributed by atoms with Crippen molar-refractivity contribution in [1.29, 1.82) is 0 Å². The van der Waals surface area contributed by atoms with Crippen LogP contribution in [0.1, 0.15) is 45.4 Å². The monoisotopic (exact) mass is 156 g/mol. The Labute approximate surface area is 70.1 Å². The molecule has 0 unspecified atom stereocenters. The van der Waals surface area contributed by atoms with E-state index in [4.69, 9.17) is 4.74 Å². The van der Waals surface area contributed by atoms with Gasteiger partial charge in [-0.3, -0.25) is 0 Å². The standard InChI is InChI=1S/C10H20O/c1-2-3-4-5-6-7-10-8-11-9-10/h10H,2-9H2,1H3. The minimum absolute atomic E-state index is 0.914. The van der Waals surface area contributed by atoms with Gasteiger partial charge < -0.3 is 4.74 Å². The van der Waals surface area contributed by atoms with Crippen LogP contribution >= 0.6 is 0 Å². The van der Waals surface area contributed by atoms with Crippen molar-refractivity contribution >= 4 is 0 Å². The van der Waals surface area contributed by atoms with Gasteiger partial charge in [-0.05, 0) is 6.42 Å². The van der Waals surface area contributed by atoms with E-state index in [1.54, 1.807) is 0 Å². The summed E-state index contributed by atoms with van der Waals surface area (Å²) in [6.45, 7) is 4.33. The quantitative estimate of drug-likeness (QED) is 0.537. The SMILES string of the molecule is CCCCCCCC1COC1. The lowest BCUT2D eigenvalue weighted by Crippen LogP contribution is -2.27. The van der Waals surface area contributed by atoms with E-state index in [1.807, 2.05) is 0 Å². The molecule has 1 heterocycles. The minimum atomic E-state index is 0.914. The van der Waals surface area contributed by atoms with Gasteiger partial charge in [0.25, 0.3) is 0 Å². The molecule has 0 N–H and O–H groups in total. The normalized spacial score (nSPS) is 18.3. The van der Waals surface area contributed by atoms with Crippen molar-refractivity contribution < 1.29 is 4.74 Å². The van der Waals surface area contributed by atoms with E-state index in [0.717, 1.165) is 19.1 Å². The summed E-state index contributed by atoms with van der Waals surface area (Å²) in [5, 5.41) is 0. The van der Waals surface area contributed by atoms with Gasteiger partial charge in [0.1, 0.15) is 0 Å². The largest absolute Gasteiger partial charge is 0.381 e. The summed E-state index contributed by atoms with van der Waals surface area (Å²) in [5.74, 6) is 0.914. The van der Waals surface area contributed by atoms with Crippen molar-refractivity contribution in [2.24, 2.45) is 5.92 Å². The number of ether oxygens (including phenoxy) is 1. The first-order valence-corrected chi connectivity index (χ1v) is 5.01. The van der Waals surface area contributed by atoms with Gasteiger partial charge in [-0.25, -0.2) is 0 Å². The highest BCUT2D eigenvalue weighted by atomic mass is 16.5. The average molecular weight is 156 g/mol. The number of rotatable bonds is 6. The van der Waals surface area contributed by atoms with E-state index in [-0.39, 0.29) is 0 Å². The molecule has 11 heavy (non-hydrogen) atoms. The molecule has 0 aromatic carbocycles. The van der Waals surface area contributed by atoms with E-state index in [9.17, 15) is 0 Å². The van der Waals surface area contributed by atoms with Crippen LogP contribution < -0.4 is 0 Å². The maximum Gasteiger partial charge on any atom is 0.0516 e. The third-order valence-corrected chi connectivity index (χ3v) is 2.42. The van der Waals surface area contributed by atoms with Gasteiger partial charge in [0.15, 0.2) is 0 Å². The van der Waals surface area contributed by atoms with Crippen molar-refractivity contribution in [2.45, 2.75) is 45.4 Å². The highest BCUT2D eigenvalue weighted by Crippen LogP contribution is 2.18. The van der Waals surface area contributed by atoms with Gasteiger partial charge in [-0.2, -0.15) is 0 Å². The first-order chi connectivity index (χ1) is 5.43. The van der Waals surface area contributed by atoms with E-state index in [0.29, 0.717) is 0 Å². The third kappa shape index (κ3) is 3.76. The summed E-state index contributed by atoms with van der Waals surface area (Å²) >= 11 is 0. The fourth-order valence-electron chi connectivity index (χ4n) is 1.49. The predicted molar refractivity (Wildman–Crippen MR) is 47.7 cm³/mol. The molecule has 0 spiro atoms. The van der Waals surface area contributed by atoms with E-state index >= 15 is 0 Å². The third-order valence-electron chi connectivity index (χ3n) is 2.42. The highest BCUT2D eigenvalue weighted by molar-refractivity contribution is 4.64. The second-order valence-electron chi connectivity index (χ2n) is 3.61. The Bertz CT molecular complexity index is 86.9. The molecule has 0 amide bonds. The zero-order valence-electron chi connectivity index (χ0n) is 7.64. The number of unbranched alkanes of at least 4 members (excludes halogenated alkanes) is 4. The van der Waals surface area contributed by atoms with Crippen LogP contribution in [-0.2, 0) is 4.74 Å². The Morgan fingerprint density at radius 1 is 1.09 bits per heavy atom. The summed E-state index contributed by atoms with van der Waals surface area (Å²) in [5.41, 5.74) is 0. The van der Waals surface area contributed by atoms with Gasteiger partial charge in [0.05, 0.1) is 13.2 Å². The van der Waals surface area contributed by atoms with Crippen molar-refractivity contribution in [3.8, 4) is 0 Å². The number of hydrogen-bond acceptors (Lipinski definition) is 1. The zero-order valence-corrected chi connectivity index (χ0v) is 7.64. The summed E-state index contributed by atoms with van der Waals surface area (Å²) in [6, 6.07) is 0. The van der Waals surface area contributed by atoms with Crippen LogP contribution in [0.25, 0.3) is 0 Å². The summed E-state index contributed by atoms with van der Waals surface area (Å²) in [4.78, 5) is 0.